The number of amides is 1. The van der Waals surface area contributed by atoms with E-state index in [1.165, 1.54) is 24.3 Å². The van der Waals surface area contributed by atoms with Gasteiger partial charge >= 0.3 is 0 Å². The lowest BCUT2D eigenvalue weighted by atomic mass is 10.1. The number of rotatable bonds is 6. The van der Waals surface area contributed by atoms with Gasteiger partial charge in [0.1, 0.15) is 11.6 Å². The number of nitro benzene ring substituents is 1. The van der Waals surface area contributed by atoms with Gasteiger partial charge in [0, 0.05) is 17.7 Å². The lowest BCUT2D eigenvalue weighted by molar-refractivity contribution is -0.384. The summed E-state index contributed by atoms with van der Waals surface area (Å²) in [6.45, 7) is -0.230. The molecule has 8 nitrogen and oxygen atoms in total. The van der Waals surface area contributed by atoms with Crippen molar-refractivity contribution in [1.29, 1.82) is 0 Å². The van der Waals surface area contributed by atoms with Crippen LogP contribution in [0.4, 0.5) is 11.4 Å². The standard InChI is InChI=1S/C21H16N4O4/c26-20(13-29-15-11-9-14(10-12-15)25(27)28)22-17-6-2-1-5-16(17)21-23-18-7-3-4-8-19(18)24-21/h1-12H,13H2,(H,22,26)(H,23,24). The molecule has 0 aliphatic rings. The lowest BCUT2D eigenvalue weighted by Gasteiger charge is -2.10. The average Bonchev–Trinajstić information content (AvgIpc) is 3.17. The molecular weight excluding hydrogens is 372 g/mol. The van der Waals surface area contributed by atoms with Gasteiger partial charge in [-0.25, -0.2) is 4.98 Å². The molecule has 4 aromatic rings. The number of hydrogen-bond acceptors (Lipinski definition) is 5. The zero-order valence-corrected chi connectivity index (χ0v) is 15.2. The van der Waals surface area contributed by atoms with Crippen molar-refractivity contribution in [1.82, 2.24) is 9.97 Å². The summed E-state index contributed by atoms with van der Waals surface area (Å²) in [6.07, 6.45) is 0. The number of aromatic amines is 1. The molecule has 144 valence electrons. The molecule has 0 spiro atoms. The normalized spacial score (nSPS) is 10.6. The third kappa shape index (κ3) is 4.06. The van der Waals surface area contributed by atoms with Gasteiger partial charge in [0.2, 0.25) is 0 Å². The van der Waals surface area contributed by atoms with E-state index in [1.54, 1.807) is 6.07 Å². The maximum Gasteiger partial charge on any atom is 0.269 e. The maximum absolute atomic E-state index is 12.3. The van der Waals surface area contributed by atoms with E-state index >= 15 is 0 Å². The van der Waals surface area contributed by atoms with E-state index in [1.807, 2.05) is 42.5 Å². The van der Waals surface area contributed by atoms with E-state index in [4.69, 9.17) is 4.74 Å². The Balaban J connectivity index is 1.46. The molecule has 0 atom stereocenters. The smallest absolute Gasteiger partial charge is 0.269 e. The third-order valence-electron chi connectivity index (χ3n) is 4.26. The number of anilines is 1. The number of hydrogen-bond donors (Lipinski definition) is 2. The van der Waals surface area contributed by atoms with Crippen LogP contribution in [0.25, 0.3) is 22.4 Å². The molecule has 1 amide bonds. The number of fused-ring (bicyclic) bond motifs is 1. The second-order valence-electron chi connectivity index (χ2n) is 6.24. The van der Waals surface area contributed by atoms with E-state index in [9.17, 15) is 14.9 Å². The second kappa shape index (κ2) is 7.81. The Morgan fingerprint density at radius 2 is 1.76 bits per heavy atom. The fourth-order valence-corrected chi connectivity index (χ4v) is 2.88. The Labute approximate surface area is 165 Å². The minimum absolute atomic E-state index is 0.0402. The highest BCUT2D eigenvalue weighted by Crippen LogP contribution is 2.27. The first-order valence-corrected chi connectivity index (χ1v) is 8.81. The molecule has 2 N–H and O–H groups in total. The van der Waals surface area contributed by atoms with Gasteiger partial charge in [-0.2, -0.15) is 0 Å². The van der Waals surface area contributed by atoms with Crippen molar-refractivity contribution in [3.8, 4) is 17.1 Å². The van der Waals surface area contributed by atoms with E-state index in [2.05, 4.69) is 15.3 Å². The predicted molar refractivity (Wildman–Crippen MR) is 109 cm³/mol. The quantitative estimate of drug-likeness (QED) is 0.381. The summed E-state index contributed by atoms with van der Waals surface area (Å²) >= 11 is 0. The van der Waals surface area contributed by atoms with Crippen LogP contribution in [0.2, 0.25) is 0 Å². The summed E-state index contributed by atoms with van der Waals surface area (Å²) in [5.41, 5.74) is 3.06. The van der Waals surface area contributed by atoms with E-state index in [-0.39, 0.29) is 18.2 Å². The Bertz CT molecular complexity index is 1150. The van der Waals surface area contributed by atoms with Crippen LogP contribution in [-0.4, -0.2) is 27.4 Å². The molecule has 4 rings (SSSR count). The number of aromatic nitrogens is 2. The van der Waals surface area contributed by atoms with Crippen LogP contribution >= 0.6 is 0 Å². The van der Waals surface area contributed by atoms with E-state index < -0.39 is 4.92 Å². The number of nitrogens with zero attached hydrogens (tertiary/aromatic N) is 2. The Kier molecular flexibility index (Phi) is 4.90. The van der Waals surface area contributed by atoms with Gasteiger partial charge < -0.3 is 15.0 Å². The largest absolute Gasteiger partial charge is 0.484 e. The molecule has 0 saturated carbocycles. The first kappa shape index (κ1) is 18.2. The highest BCUT2D eigenvalue weighted by Gasteiger charge is 2.12. The summed E-state index contributed by atoms with van der Waals surface area (Å²) in [6, 6.07) is 20.6. The van der Waals surface area contributed by atoms with Crippen LogP contribution in [0.3, 0.4) is 0 Å². The molecular formula is C21H16N4O4. The number of nitro groups is 1. The molecule has 0 radical (unpaired) electrons. The lowest BCUT2D eigenvalue weighted by Crippen LogP contribution is -2.20. The Morgan fingerprint density at radius 1 is 1.03 bits per heavy atom. The van der Waals surface area contributed by atoms with Crippen LogP contribution in [0.15, 0.2) is 72.8 Å². The van der Waals surface area contributed by atoms with Gasteiger partial charge in [0.15, 0.2) is 6.61 Å². The van der Waals surface area contributed by atoms with Gasteiger partial charge in [-0.15, -0.1) is 0 Å². The summed E-state index contributed by atoms with van der Waals surface area (Å²) in [4.78, 5) is 30.4. The van der Waals surface area contributed by atoms with Crippen LogP contribution in [0, 0.1) is 10.1 Å². The molecule has 1 heterocycles. The van der Waals surface area contributed by atoms with Crippen LogP contribution in [-0.2, 0) is 4.79 Å². The highest BCUT2D eigenvalue weighted by molar-refractivity contribution is 5.96. The Morgan fingerprint density at radius 3 is 2.52 bits per heavy atom. The molecule has 0 fully saturated rings. The summed E-state index contributed by atoms with van der Waals surface area (Å²) < 4.78 is 5.41. The number of benzene rings is 3. The van der Waals surface area contributed by atoms with Gasteiger partial charge in [0.25, 0.3) is 11.6 Å². The first-order valence-electron chi connectivity index (χ1n) is 8.81. The topological polar surface area (TPSA) is 110 Å². The van der Waals surface area contributed by atoms with Crippen molar-refractivity contribution in [2.45, 2.75) is 0 Å². The fraction of sp³-hybridized carbons (Fsp3) is 0.0476. The summed E-state index contributed by atoms with van der Waals surface area (Å²) in [5, 5.41) is 13.5. The predicted octanol–water partition coefficient (Wildman–Crippen LogP) is 4.16. The number of carbonyl (C=O) groups excluding carboxylic acids is 1. The van der Waals surface area contributed by atoms with Crippen molar-refractivity contribution in [2.24, 2.45) is 0 Å². The van der Waals surface area contributed by atoms with Crippen LogP contribution in [0.5, 0.6) is 5.75 Å². The minimum Gasteiger partial charge on any atom is -0.484 e. The van der Waals surface area contributed by atoms with Gasteiger partial charge in [-0.05, 0) is 36.4 Å². The minimum atomic E-state index is -0.495. The average molecular weight is 388 g/mol. The van der Waals surface area contributed by atoms with Crippen molar-refractivity contribution in [2.75, 3.05) is 11.9 Å². The zero-order valence-electron chi connectivity index (χ0n) is 15.2. The molecule has 0 aliphatic heterocycles. The monoisotopic (exact) mass is 388 g/mol. The van der Waals surface area contributed by atoms with Gasteiger partial charge in [0.05, 0.1) is 21.6 Å². The molecule has 0 unspecified atom stereocenters. The van der Waals surface area contributed by atoms with Gasteiger partial charge in [-0.3, -0.25) is 14.9 Å². The number of H-pyrrole nitrogens is 1. The number of nitrogens with one attached hydrogen (secondary N) is 2. The first-order chi connectivity index (χ1) is 14.1. The summed E-state index contributed by atoms with van der Waals surface area (Å²) in [7, 11) is 0. The highest BCUT2D eigenvalue weighted by atomic mass is 16.6. The Hall–Kier alpha value is -4.20. The molecule has 1 aromatic heterocycles. The van der Waals surface area contributed by atoms with Gasteiger partial charge in [-0.1, -0.05) is 24.3 Å². The zero-order chi connectivity index (χ0) is 20.2. The molecule has 0 bridgehead atoms. The van der Waals surface area contributed by atoms with E-state index in [0.29, 0.717) is 17.3 Å². The molecule has 3 aromatic carbocycles. The number of para-hydroxylation sites is 3. The molecule has 0 aliphatic carbocycles. The maximum atomic E-state index is 12.3. The molecule has 0 saturated heterocycles. The van der Waals surface area contributed by atoms with Crippen LogP contribution in [0.1, 0.15) is 0 Å². The summed E-state index contributed by atoms with van der Waals surface area (Å²) in [5.74, 6) is 0.668. The van der Waals surface area contributed by atoms with Crippen molar-refractivity contribution in [3.05, 3.63) is 82.9 Å². The number of non-ortho nitro benzene ring substituents is 1. The molecule has 8 heteroatoms. The SMILES string of the molecule is O=C(COc1ccc([N+](=O)[O-])cc1)Nc1ccccc1-c1nc2ccccc2[nH]1. The molecule has 29 heavy (non-hydrogen) atoms. The van der Waals surface area contributed by atoms with Crippen molar-refractivity contribution in [3.63, 3.8) is 0 Å². The number of carbonyl (C=O) groups is 1. The van der Waals surface area contributed by atoms with Crippen LogP contribution < -0.4 is 10.1 Å². The second-order valence-corrected chi connectivity index (χ2v) is 6.24. The van der Waals surface area contributed by atoms with E-state index in [0.717, 1.165) is 16.6 Å². The fourth-order valence-electron chi connectivity index (χ4n) is 2.88. The third-order valence-corrected chi connectivity index (χ3v) is 4.26. The van der Waals surface area contributed by atoms with Crippen molar-refractivity contribution < 1.29 is 14.5 Å². The number of imidazole rings is 1. The number of ether oxygens (including phenoxy) is 1. The van der Waals surface area contributed by atoms with Crippen molar-refractivity contribution >= 4 is 28.3 Å².